The molecule has 2 atom stereocenters. The minimum atomic E-state index is -0.201. The fourth-order valence-corrected chi connectivity index (χ4v) is 2.80. The van der Waals surface area contributed by atoms with Gasteiger partial charge >= 0.3 is 0 Å². The van der Waals surface area contributed by atoms with Gasteiger partial charge in [-0.15, -0.1) is 0 Å². The summed E-state index contributed by atoms with van der Waals surface area (Å²) in [5.74, 6) is 0.649. The number of nitrogens with two attached hydrogens (primary N) is 1. The first kappa shape index (κ1) is 12.6. The number of benzene rings is 1. The third kappa shape index (κ3) is 3.29. The predicted octanol–water partition coefficient (Wildman–Crippen LogP) is 3.67. The molecule has 1 nitrogen and oxygen atoms in total. The number of halogens is 1. The lowest BCUT2D eigenvalue weighted by atomic mass is 9.84. The summed E-state index contributed by atoms with van der Waals surface area (Å²) in [6, 6.07) is 7.01. The Labute approximate surface area is 103 Å². The van der Waals surface area contributed by atoms with Gasteiger partial charge < -0.3 is 5.73 Å². The van der Waals surface area contributed by atoms with Crippen LogP contribution in [0.3, 0.4) is 0 Å². The van der Waals surface area contributed by atoms with Crippen molar-refractivity contribution >= 4 is 0 Å². The third-order valence-electron chi connectivity index (χ3n) is 4.01. The highest BCUT2D eigenvalue weighted by Gasteiger charge is 2.29. The normalized spacial score (nSPS) is 29.9. The quantitative estimate of drug-likeness (QED) is 0.778. The fourth-order valence-electron chi connectivity index (χ4n) is 2.80. The van der Waals surface area contributed by atoms with Gasteiger partial charge in [0.15, 0.2) is 0 Å². The minimum absolute atomic E-state index is 0.116. The third-order valence-corrected chi connectivity index (χ3v) is 4.01. The van der Waals surface area contributed by atoms with Crippen LogP contribution in [0.4, 0.5) is 4.39 Å². The van der Waals surface area contributed by atoms with Crippen LogP contribution in [0, 0.1) is 11.7 Å². The zero-order valence-corrected chi connectivity index (χ0v) is 10.6. The van der Waals surface area contributed by atoms with Crippen molar-refractivity contribution in [1.29, 1.82) is 0 Å². The molecule has 1 aliphatic carbocycles. The summed E-state index contributed by atoms with van der Waals surface area (Å²) in [6.45, 7) is 2.29. The highest BCUT2D eigenvalue weighted by atomic mass is 19.1. The molecular formula is C15H22FN. The Morgan fingerprint density at radius 2 is 2.06 bits per heavy atom. The zero-order valence-electron chi connectivity index (χ0n) is 10.6. The van der Waals surface area contributed by atoms with Crippen LogP contribution >= 0.6 is 0 Å². The lowest BCUT2D eigenvalue weighted by Crippen LogP contribution is -2.41. The number of hydrogen-bond acceptors (Lipinski definition) is 1. The molecule has 0 aliphatic heterocycles. The van der Waals surface area contributed by atoms with E-state index in [1.807, 2.05) is 12.1 Å². The van der Waals surface area contributed by atoms with E-state index in [0.29, 0.717) is 6.42 Å². The minimum Gasteiger partial charge on any atom is -0.325 e. The molecule has 2 heteroatoms. The molecule has 0 radical (unpaired) electrons. The summed E-state index contributed by atoms with van der Waals surface area (Å²) in [4.78, 5) is 0. The van der Waals surface area contributed by atoms with Crippen LogP contribution in [0.25, 0.3) is 0 Å². The fraction of sp³-hybridized carbons (Fsp3) is 0.600. The van der Waals surface area contributed by atoms with E-state index < -0.39 is 0 Å². The molecular weight excluding hydrogens is 213 g/mol. The van der Waals surface area contributed by atoms with E-state index in [2.05, 4.69) is 6.92 Å². The highest BCUT2D eigenvalue weighted by Crippen LogP contribution is 2.31. The lowest BCUT2D eigenvalue weighted by Gasteiger charge is -2.28. The van der Waals surface area contributed by atoms with Crippen LogP contribution in [-0.4, -0.2) is 5.54 Å². The van der Waals surface area contributed by atoms with E-state index in [1.165, 1.54) is 25.3 Å². The van der Waals surface area contributed by atoms with Crippen molar-refractivity contribution in [3.05, 3.63) is 35.6 Å². The molecule has 0 aromatic heterocycles. The van der Waals surface area contributed by atoms with Crippen LogP contribution in [-0.2, 0) is 6.42 Å². The molecule has 0 heterocycles. The molecule has 2 rings (SSSR count). The molecule has 0 bridgehead atoms. The summed E-state index contributed by atoms with van der Waals surface area (Å²) in [7, 11) is 0. The maximum absolute atomic E-state index is 13.6. The van der Waals surface area contributed by atoms with Crippen molar-refractivity contribution < 1.29 is 4.39 Å². The van der Waals surface area contributed by atoms with Gasteiger partial charge in [0.2, 0.25) is 0 Å². The molecule has 0 spiro atoms. The summed E-state index contributed by atoms with van der Waals surface area (Å²) < 4.78 is 13.6. The number of hydrogen-bond donors (Lipinski definition) is 1. The topological polar surface area (TPSA) is 26.0 Å². The Bertz CT molecular complexity index is 377. The Morgan fingerprint density at radius 3 is 2.82 bits per heavy atom. The maximum Gasteiger partial charge on any atom is 0.126 e. The van der Waals surface area contributed by atoms with Crippen LogP contribution in [0.1, 0.15) is 44.6 Å². The second-order valence-electron chi connectivity index (χ2n) is 5.67. The van der Waals surface area contributed by atoms with Gasteiger partial charge in [-0.3, -0.25) is 0 Å². The van der Waals surface area contributed by atoms with Crippen LogP contribution in [0.5, 0.6) is 0 Å². The van der Waals surface area contributed by atoms with Crippen LogP contribution < -0.4 is 5.73 Å². The van der Waals surface area contributed by atoms with Crippen molar-refractivity contribution in [3.8, 4) is 0 Å². The van der Waals surface area contributed by atoms with Gasteiger partial charge in [-0.05, 0) is 43.2 Å². The first-order valence-electron chi connectivity index (χ1n) is 6.61. The SMILES string of the molecule is CC1CCCC(N)(Cc2ccccc2F)CC1. The smallest absolute Gasteiger partial charge is 0.126 e. The Morgan fingerprint density at radius 1 is 1.29 bits per heavy atom. The van der Waals surface area contributed by atoms with Crippen molar-refractivity contribution in [3.63, 3.8) is 0 Å². The molecule has 2 N–H and O–H groups in total. The first-order valence-corrected chi connectivity index (χ1v) is 6.61. The molecule has 94 valence electrons. The van der Waals surface area contributed by atoms with Crippen molar-refractivity contribution in [1.82, 2.24) is 0 Å². The molecule has 0 amide bonds. The molecule has 1 aliphatic rings. The second-order valence-corrected chi connectivity index (χ2v) is 5.67. The monoisotopic (exact) mass is 235 g/mol. The van der Waals surface area contributed by atoms with E-state index in [1.54, 1.807) is 6.07 Å². The van der Waals surface area contributed by atoms with E-state index in [0.717, 1.165) is 24.3 Å². The summed E-state index contributed by atoms with van der Waals surface area (Å²) in [6.07, 6.45) is 6.31. The van der Waals surface area contributed by atoms with Crippen LogP contribution in [0.2, 0.25) is 0 Å². The molecule has 0 saturated heterocycles. The lowest BCUT2D eigenvalue weighted by molar-refractivity contribution is 0.358. The highest BCUT2D eigenvalue weighted by molar-refractivity contribution is 5.20. The van der Waals surface area contributed by atoms with Gasteiger partial charge in [0.1, 0.15) is 5.82 Å². The van der Waals surface area contributed by atoms with Gasteiger partial charge in [0.25, 0.3) is 0 Å². The molecule has 1 aromatic carbocycles. The average molecular weight is 235 g/mol. The zero-order chi connectivity index (χ0) is 12.3. The Balaban J connectivity index is 2.09. The van der Waals surface area contributed by atoms with Gasteiger partial charge in [-0.2, -0.15) is 0 Å². The second kappa shape index (κ2) is 5.18. The average Bonchev–Trinajstić information content (AvgIpc) is 2.45. The largest absolute Gasteiger partial charge is 0.325 e. The number of rotatable bonds is 2. The molecule has 1 saturated carbocycles. The van der Waals surface area contributed by atoms with E-state index >= 15 is 0 Å². The summed E-state index contributed by atoms with van der Waals surface area (Å²) >= 11 is 0. The predicted molar refractivity (Wildman–Crippen MR) is 69.3 cm³/mol. The summed E-state index contributed by atoms with van der Waals surface area (Å²) in [5, 5.41) is 0. The van der Waals surface area contributed by atoms with E-state index in [9.17, 15) is 4.39 Å². The van der Waals surface area contributed by atoms with E-state index in [-0.39, 0.29) is 11.4 Å². The van der Waals surface area contributed by atoms with Gasteiger partial charge in [-0.25, -0.2) is 4.39 Å². The standard InChI is InChI=1S/C15H22FN/c1-12-5-4-9-15(17,10-8-12)11-13-6-2-3-7-14(13)16/h2-3,6-7,12H,4-5,8-11,17H2,1H3. The van der Waals surface area contributed by atoms with Gasteiger partial charge in [0.05, 0.1) is 0 Å². The maximum atomic E-state index is 13.6. The van der Waals surface area contributed by atoms with E-state index in [4.69, 9.17) is 5.73 Å². The first-order chi connectivity index (χ1) is 8.09. The molecule has 1 fully saturated rings. The van der Waals surface area contributed by atoms with Crippen molar-refractivity contribution in [2.24, 2.45) is 11.7 Å². The molecule has 2 unspecified atom stereocenters. The molecule has 17 heavy (non-hydrogen) atoms. The molecule has 1 aromatic rings. The Hall–Kier alpha value is -0.890. The van der Waals surface area contributed by atoms with Crippen molar-refractivity contribution in [2.45, 2.75) is 51.0 Å². The van der Waals surface area contributed by atoms with Crippen LogP contribution in [0.15, 0.2) is 24.3 Å². The Kier molecular flexibility index (Phi) is 3.82. The van der Waals surface area contributed by atoms with Crippen molar-refractivity contribution in [2.75, 3.05) is 0 Å². The van der Waals surface area contributed by atoms with Gasteiger partial charge in [0, 0.05) is 5.54 Å². The van der Waals surface area contributed by atoms with Gasteiger partial charge in [-0.1, -0.05) is 38.0 Å². The summed E-state index contributed by atoms with van der Waals surface area (Å²) in [5.41, 5.74) is 7.02.